The molecular formula is C17H16ClF2N5. The zero-order valence-corrected chi connectivity index (χ0v) is 14.3. The molecule has 8 heteroatoms. The maximum atomic E-state index is 14.6. The molecule has 1 fully saturated rings. The van der Waals surface area contributed by atoms with Gasteiger partial charge in [0.25, 0.3) is 5.78 Å². The van der Waals surface area contributed by atoms with E-state index in [1.54, 1.807) is 0 Å². The van der Waals surface area contributed by atoms with Gasteiger partial charge in [-0.05, 0) is 37.5 Å². The van der Waals surface area contributed by atoms with Crippen LogP contribution in [0.15, 0.2) is 18.5 Å². The van der Waals surface area contributed by atoms with E-state index in [-0.39, 0.29) is 22.3 Å². The molecule has 1 N–H and O–H groups in total. The van der Waals surface area contributed by atoms with E-state index in [2.05, 4.69) is 20.4 Å². The van der Waals surface area contributed by atoms with Crippen LogP contribution in [0, 0.1) is 18.6 Å². The smallest absolute Gasteiger partial charge is 0.255 e. The Bertz CT molecular complexity index is 950. The average molecular weight is 364 g/mol. The number of nitrogens with one attached hydrogen (secondary N) is 1. The number of rotatable bonds is 3. The van der Waals surface area contributed by atoms with Gasteiger partial charge < -0.3 is 5.32 Å². The molecule has 0 saturated heterocycles. The minimum absolute atomic E-state index is 0.0542. The highest BCUT2D eigenvalue weighted by molar-refractivity contribution is 6.33. The van der Waals surface area contributed by atoms with E-state index < -0.39 is 11.6 Å². The Morgan fingerprint density at radius 1 is 1.20 bits per heavy atom. The van der Waals surface area contributed by atoms with Gasteiger partial charge in [-0.2, -0.15) is 19.6 Å². The van der Waals surface area contributed by atoms with E-state index >= 15 is 0 Å². The number of halogens is 3. The third-order valence-electron chi connectivity index (χ3n) is 4.60. The van der Waals surface area contributed by atoms with Gasteiger partial charge in [0, 0.05) is 11.6 Å². The molecule has 0 aliphatic heterocycles. The first-order chi connectivity index (χ1) is 12.0. The second kappa shape index (κ2) is 6.22. The van der Waals surface area contributed by atoms with Gasteiger partial charge in [0.15, 0.2) is 0 Å². The van der Waals surface area contributed by atoms with Gasteiger partial charge in [0.2, 0.25) is 0 Å². The lowest BCUT2D eigenvalue weighted by atomic mass is 10.0. The summed E-state index contributed by atoms with van der Waals surface area (Å²) in [5.41, 5.74) is 0.582. The summed E-state index contributed by atoms with van der Waals surface area (Å²) in [6, 6.07) is 2.53. The van der Waals surface area contributed by atoms with Crippen molar-refractivity contribution in [3.8, 4) is 11.1 Å². The Kier molecular flexibility index (Phi) is 4.03. The molecule has 1 saturated carbocycles. The van der Waals surface area contributed by atoms with Crippen molar-refractivity contribution in [2.45, 2.75) is 38.6 Å². The highest BCUT2D eigenvalue weighted by atomic mass is 35.5. The number of hydrogen-bond acceptors (Lipinski definition) is 4. The molecule has 2 heterocycles. The molecule has 25 heavy (non-hydrogen) atoms. The minimum atomic E-state index is -0.559. The van der Waals surface area contributed by atoms with Gasteiger partial charge in [-0.3, -0.25) is 0 Å². The third-order valence-corrected chi connectivity index (χ3v) is 4.87. The van der Waals surface area contributed by atoms with Gasteiger partial charge in [0.05, 0.1) is 5.56 Å². The number of aromatic nitrogens is 4. The molecule has 1 aromatic carbocycles. The van der Waals surface area contributed by atoms with Crippen LogP contribution >= 0.6 is 11.6 Å². The van der Waals surface area contributed by atoms with Gasteiger partial charge in [-0.1, -0.05) is 24.4 Å². The van der Waals surface area contributed by atoms with Crippen molar-refractivity contribution in [2.75, 3.05) is 5.32 Å². The van der Waals surface area contributed by atoms with Crippen LogP contribution in [0.25, 0.3) is 16.9 Å². The summed E-state index contributed by atoms with van der Waals surface area (Å²) in [4.78, 5) is 8.22. The summed E-state index contributed by atoms with van der Waals surface area (Å²) in [7, 11) is 0. The standard InChI is InChI=1S/C17H16ClF2N5/c1-9-6-13(20)11(7-12(9)19)14-15(18)24-17-21-8-22-25(17)16(14)23-10-4-2-3-5-10/h6-8,10,23H,2-5H2,1H3. The molecule has 0 amide bonds. The maximum Gasteiger partial charge on any atom is 0.255 e. The molecule has 1 aliphatic carbocycles. The van der Waals surface area contributed by atoms with Gasteiger partial charge in [0.1, 0.15) is 28.9 Å². The predicted octanol–water partition coefficient (Wildman–Crippen LogP) is 4.39. The lowest BCUT2D eigenvalue weighted by Crippen LogP contribution is -2.19. The minimum Gasteiger partial charge on any atom is -0.367 e. The van der Waals surface area contributed by atoms with E-state index in [1.165, 1.54) is 17.8 Å². The van der Waals surface area contributed by atoms with Gasteiger partial charge >= 0.3 is 0 Å². The summed E-state index contributed by atoms with van der Waals surface area (Å²) in [5.74, 6) is -0.265. The molecule has 0 bridgehead atoms. The van der Waals surface area contributed by atoms with Crippen LogP contribution in [0.4, 0.5) is 14.6 Å². The molecule has 5 nitrogen and oxygen atoms in total. The summed E-state index contributed by atoms with van der Waals surface area (Å²) >= 11 is 6.33. The molecular weight excluding hydrogens is 348 g/mol. The number of anilines is 1. The first-order valence-electron chi connectivity index (χ1n) is 8.16. The molecule has 130 valence electrons. The topological polar surface area (TPSA) is 55.1 Å². The molecule has 0 atom stereocenters. The van der Waals surface area contributed by atoms with E-state index in [9.17, 15) is 8.78 Å². The van der Waals surface area contributed by atoms with Gasteiger partial charge in [-0.25, -0.2) is 8.78 Å². The summed E-state index contributed by atoms with van der Waals surface area (Å²) in [6.45, 7) is 1.51. The Morgan fingerprint density at radius 2 is 1.96 bits per heavy atom. The van der Waals surface area contributed by atoms with Crippen LogP contribution in [-0.2, 0) is 0 Å². The van der Waals surface area contributed by atoms with Crippen molar-refractivity contribution in [1.29, 1.82) is 0 Å². The largest absolute Gasteiger partial charge is 0.367 e. The molecule has 3 aromatic rings. The molecule has 2 aromatic heterocycles. The zero-order chi connectivity index (χ0) is 17.6. The van der Waals surface area contributed by atoms with Crippen molar-refractivity contribution < 1.29 is 8.78 Å². The number of benzene rings is 1. The molecule has 1 aliphatic rings. The van der Waals surface area contributed by atoms with Crippen LogP contribution < -0.4 is 5.32 Å². The Balaban J connectivity index is 1.95. The highest BCUT2D eigenvalue weighted by Gasteiger charge is 2.24. The van der Waals surface area contributed by atoms with Crippen LogP contribution in [0.1, 0.15) is 31.2 Å². The normalized spacial score (nSPS) is 15.2. The Labute approximate surface area is 148 Å². The van der Waals surface area contributed by atoms with E-state index in [4.69, 9.17) is 11.6 Å². The summed E-state index contributed by atoms with van der Waals surface area (Å²) in [6.07, 6.45) is 5.61. The predicted molar refractivity (Wildman–Crippen MR) is 91.8 cm³/mol. The molecule has 0 spiro atoms. The fourth-order valence-electron chi connectivity index (χ4n) is 3.29. The maximum absolute atomic E-state index is 14.6. The number of aryl methyl sites for hydroxylation is 1. The second-order valence-electron chi connectivity index (χ2n) is 6.31. The summed E-state index contributed by atoms with van der Waals surface area (Å²) < 4.78 is 30.2. The second-order valence-corrected chi connectivity index (χ2v) is 6.66. The third kappa shape index (κ3) is 2.82. The molecule has 4 rings (SSSR count). The summed E-state index contributed by atoms with van der Waals surface area (Å²) in [5, 5.41) is 7.61. The van der Waals surface area contributed by atoms with Crippen LogP contribution in [0.3, 0.4) is 0 Å². The Hall–Kier alpha value is -2.28. The monoisotopic (exact) mass is 363 g/mol. The first-order valence-corrected chi connectivity index (χ1v) is 8.54. The fraction of sp³-hybridized carbons (Fsp3) is 0.353. The van der Waals surface area contributed by atoms with Crippen LogP contribution in [0.2, 0.25) is 5.15 Å². The number of fused-ring (bicyclic) bond motifs is 1. The van der Waals surface area contributed by atoms with Gasteiger partial charge in [-0.15, -0.1) is 0 Å². The average Bonchev–Trinajstić information content (AvgIpc) is 3.23. The lowest BCUT2D eigenvalue weighted by molar-refractivity contribution is 0.595. The van der Waals surface area contributed by atoms with E-state index in [0.717, 1.165) is 37.8 Å². The van der Waals surface area contributed by atoms with Crippen molar-refractivity contribution in [3.63, 3.8) is 0 Å². The number of nitrogens with zero attached hydrogens (tertiary/aromatic N) is 4. The molecule has 0 unspecified atom stereocenters. The zero-order valence-electron chi connectivity index (χ0n) is 13.6. The first kappa shape index (κ1) is 16.2. The van der Waals surface area contributed by atoms with Crippen molar-refractivity contribution in [2.24, 2.45) is 0 Å². The fourth-order valence-corrected chi connectivity index (χ4v) is 3.56. The highest BCUT2D eigenvalue weighted by Crippen LogP contribution is 2.37. The van der Waals surface area contributed by atoms with Crippen molar-refractivity contribution in [1.82, 2.24) is 19.6 Å². The van der Waals surface area contributed by atoms with E-state index in [0.29, 0.717) is 17.2 Å². The van der Waals surface area contributed by atoms with E-state index in [1.807, 2.05) is 0 Å². The van der Waals surface area contributed by atoms with Crippen molar-refractivity contribution >= 4 is 23.2 Å². The number of hydrogen-bond donors (Lipinski definition) is 1. The van der Waals surface area contributed by atoms with Crippen LogP contribution in [-0.4, -0.2) is 25.6 Å². The van der Waals surface area contributed by atoms with Crippen molar-refractivity contribution in [3.05, 3.63) is 40.8 Å². The Morgan fingerprint density at radius 3 is 2.72 bits per heavy atom. The molecule has 0 radical (unpaired) electrons. The lowest BCUT2D eigenvalue weighted by Gasteiger charge is -2.19. The quantitative estimate of drug-likeness (QED) is 0.701. The SMILES string of the molecule is Cc1cc(F)c(-c2c(Cl)nc3ncnn3c2NC2CCCC2)cc1F. The van der Waals surface area contributed by atoms with Crippen LogP contribution in [0.5, 0.6) is 0 Å².